The van der Waals surface area contributed by atoms with E-state index in [0.717, 1.165) is 29.5 Å². The summed E-state index contributed by atoms with van der Waals surface area (Å²) in [6.45, 7) is 4.61. The Kier molecular flexibility index (Phi) is 5.86. The standard InChI is InChI=1S/C19H20ClNO/c1-14-9-10-18(20)19(12-14)22-11-5-7-16(13-21)17-8-4-3-6-15(17)2/h3-4,6,8-10,12,16H,5,7,11H2,1-2H3. The van der Waals surface area contributed by atoms with Crippen molar-refractivity contribution >= 4 is 11.6 Å². The zero-order chi connectivity index (χ0) is 15.9. The highest BCUT2D eigenvalue weighted by Gasteiger charge is 2.12. The number of benzene rings is 2. The fourth-order valence-corrected chi connectivity index (χ4v) is 2.63. The van der Waals surface area contributed by atoms with Crippen LogP contribution in [-0.4, -0.2) is 6.61 Å². The fourth-order valence-electron chi connectivity index (χ4n) is 2.46. The van der Waals surface area contributed by atoms with E-state index in [-0.39, 0.29) is 5.92 Å². The highest BCUT2D eigenvalue weighted by molar-refractivity contribution is 6.32. The minimum atomic E-state index is -0.0854. The minimum absolute atomic E-state index is 0.0854. The number of halogens is 1. The van der Waals surface area contributed by atoms with Crippen LogP contribution in [0.4, 0.5) is 0 Å². The van der Waals surface area contributed by atoms with Gasteiger partial charge in [-0.1, -0.05) is 41.9 Å². The van der Waals surface area contributed by atoms with E-state index >= 15 is 0 Å². The van der Waals surface area contributed by atoms with Crippen molar-refractivity contribution in [2.24, 2.45) is 0 Å². The van der Waals surface area contributed by atoms with E-state index in [1.54, 1.807) is 0 Å². The number of hydrogen-bond acceptors (Lipinski definition) is 2. The number of nitrogens with zero attached hydrogens (tertiary/aromatic N) is 1. The van der Waals surface area contributed by atoms with Crippen LogP contribution in [0.5, 0.6) is 5.75 Å². The predicted octanol–water partition coefficient (Wildman–Crippen LogP) is 5.42. The van der Waals surface area contributed by atoms with Gasteiger partial charge in [-0.25, -0.2) is 0 Å². The van der Waals surface area contributed by atoms with Gasteiger partial charge in [0.1, 0.15) is 5.75 Å². The molecule has 2 aromatic rings. The molecule has 0 saturated heterocycles. The van der Waals surface area contributed by atoms with Gasteiger partial charge in [-0.3, -0.25) is 0 Å². The van der Waals surface area contributed by atoms with Crippen LogP contribution < -0.4 is 4.74 Å². The molecule has 0 saturated carbocycles. The minimum Gasteiger partial charge on any atom is -0.492 e. The van der Waals surface area contributed by atoms with Gasteiger partial charge in [0.15, 0.2) is 0 Å². The quantitative estimate of drug-likeness (QED) is 0.667. The highest BCUT2D eigenvalue weighted by Crippen LogP contribution is 2.27. The number of nitriles is 1. The summed E-state index contributed by atoms with van der Waals surface area (Å²) in [5.74, 6) is 0.629. The third-order valence-corrected chi connectivity index (χ3v) is 4.01. The first-order valence-corrected chi connectivity index (χ1v) is 7.83. The summed E-state index contributed by atoms with van der Waals surface area (Å²) in [5.41, 5.74) is 3.39. The van der Waals surface area contributed by atoms with Crippen LogP contribution in [0.2, 0.25) is 5.02 Å². The third-order valence-electron chi connectivity index (χ3n) is 3.70. The highest BCUT2D eigenvalue weighted by atomic mass is 35.5. The van der Waals surface area contributed by atoms with Gasteiger partial charge < -0.3 is 4.74 Å². The van der Waals surface area contributed by atoms with Gasteiger partial charge in [-0.15, -0.1) is 0 Å². The maximum Gasteiger partial charge on any atom is 0.138 e. The number of ether oxygens (including phenoxy) is 1. The molecule has 1 atom stereocenters. The summed E-state index contributed by atoms with van der Waals surface area (Å²) in [4.78, 5) is 0. The molecule has 0 aliphatic heterocycles. The zero-order valence-electron chi connectivity index (χ0n) is 13.0. The summed E-state index contributed by atoms with van der Waals surface area (Å²) in [7, 11) is 0. The van der Waals surface area contributed by atoms with Crippen molar-refractivity contribution in [2.45, 2.75) is 32.6 Å². The molecular weight excluding hydrogens is 294 g/mol. The second-order valence-electron chi connectivity index (χ2n) is 5.46. The average Bonchev–Trinajstić information content (AvgIpc) is 2.52. The smallest absolute Gasteiger partial charge is 0.138 e. The summed E-state index contributed by atoms with van der Waals surface area (Å²) in [6, 6.07) is 16.2. The van der Waals surface area contributed by atoms with Crippen LogP contribution in [0.25, 0.3) is 0 Å². The first kappa shape index (κ1) is 16.4. The van der Waals surface area contributed by atoms with Crippen molar-refractivity contribution in [2.75, 3.05) is 6.61 Å². The summed E-state index contributed by atoms with van der Waals surface area (Å²) < 4.78 is 5.74. The molecule has 2 rings (SSSR count). The van der Waals surface area contributed by atoms with E-state index in [1.807, 2.05) is 56.3 Å². The van der Waals surface area contributed by atoms with Gasteiger partial charge in [-0.2, -0.15) is 5.26 Å². The molecule has 0 heterocycles. The Labute approximate surface area is 137 Å². The lowest BCUT2D eigenvalue weighted by Crippen LogP contribution is -2.03. The number of aryl methyl sites for hydroxylation is 2. The molecule has 2 aromatic carbocycles. The van der Waals surface area contributed by atoms with E-state index in [9.17, 15) is 5.26 Å². The van der Waals surface area contributed by atoms with Crippen molar-refractivity contribution in [3.63, 3.8) is 0 Å². The fraction of sp³-hybridized carbons (Fsp3) is 0.316. The maximum atomic E-state index is 9.39. The Morgan fingerprint density at radius 1 is 1.18 bits per heavy atom. The molecule has 0 fully saturated rings. The Morgan fingerprint density at radius 2 is 1.95 bits per heavy atom. The third kappa shape index (κ3) is 4.26. The van der Waals surface area contributed by atoms with Gasteiger partial charge in [-0.05, 0) is 55.5 Å². The monoisotopic (exact) mass is 313 g/mol. The maximum absolute atomic E-state index is 9.39. The van der Waals surface area contributed by atoms with Crippen LogP contribution in [0.1, 0.15) is 35.4 Å². The van der Waals surface area contributed by atoms with Crippen molar-refractivity contribution in [1.82, 2.24) is 0 Å². The van der Waals surface area contributed by atoms with Crippen LogP contribution in [0.3, 0.4) is 0 Å². The van der Waals surface area contributed by atoms with Gasteiger partial charge in [0, 0.05) is 0 Å². The lowest BCUT2D eigenvalue weighted by molar-refractivity contribution is 0.305. The summed E-state index contributed by atoms with van der Waals surface area (Å²) in [6.07, 6.45) is 1.60. The number of rotatable bonds is 6. The molecule has 0 radical (unpaired) electrons. The van der Waals surface area contributed by atoms with Crippen molar-refractivity contribution in [3.05, 3.63) is 64.2 Å². The van der Waals surface area contributed by atoms with Crippen LogP contribution in [0.15, 0.2) is 42.5 Å². The Morgan fingerprint density at radius 3 is 2.68 bits per heavy atom. The molecule has 0 aliphatic rings. The van der Waals surface area contributed by atoms with Crippen LogP contribution in [0, 0.1) is 25.2 Å². The molecule has 22 heavy (non-hydrogen) atoms. The molecule has 0 amide bonds. The molecule has 0 spiro atoms. The predicted molar refractivity (Wildman–Crippen MR) is 90.5 cm³/mol. The average molecular weight is 314 g/mol. The molecule has 114 valence electrons. The Balaban J connectivity index is 1.89. The lowest BCUT2D eigenvalue weighted by Gasteiger charge is -2.13. The number of hydrogen-bond donors (Lipinski definition) is 0. The van der Waals surface area contributed by atoms with Gasteiger partial charge in [0.2, 0.25) is 0 Å². The summed E-state index contributed by atoms with van der Waals surface area (Å²) >= 11 is 6.10. The molecule has 0 aliphatic carbocycles. The van der Waals surface area contributed by atoms with Crippen LogP contribution in [-0.2, 0) is 0 Å². The van der Waals surface area contributed by atoms with E-state index in [1.165, 1.54) is 0 Å². The van der Waals surface area contributed by atoms with E-state index in [4.69, 9.17) is 16.3 Å². The van der Waals surface area contributed by atoms with E-state index in [0.29, 0.717) is 17.4 Å². The van der Waals surface area contributed by atoms with E-state index < -0.39 is 0 Å². The Hall–Kier alpha value is -1.98. The second kappa shape index (κ2) is 7.87. The normalized spacial score (nSPS) is 11.7. The van der Waals surface area contributed by atoms with Crippen molar-refractivity contribution in [3.8, 4) is 11.8 Å². The summed E-state index contributed by atoms with van der Waals surface area (Å²) in [5, 5.41) is 10.0. The molecule has 1 unspecified atom stereocenters. The topological polar surface area (TPSA) is 33.0 Å². The molecule has 3 heteroatoms. The first-order chi connectivity index (χ1) is 10.6. The van der Waals surface area contributed by atoms with Crippen molar-refractivity contribution in [1.29, 1.82) is 5.26 Å². The SMILES string of the molecule is Cc1ccc(Cl)c(OCCCC(C#N)c2ccccc2C)c1. The molecule has 2 nitrogen and oxygen atoms in total. The lowest BCUT2D eigenvalue weighted by atomic mass is 9.92. The van der Waals surface area contributed by atoms with Gasteiger partial charge in [0.25, 0.3) is 0 Å². The molecule has 0 N–H and O–H groups in total. The largest absolute Gasteiger partial charge is 0.492 e. The van der Waals surface area contributed by atoms with Crippen molar-refractivity contribution < 1.29 is 4.74 Å². The van der Waals surface area contributed by atoms with E-state index in [2.05, 4.69) is 6.07 Å². The Bertz CT molecular complexity index is 675. The molecular formula is C19H20ClNO. The second-order valence-corrected chi connectivity index (χ2v) is 5.87. The van der Waals surface area contributed by atoms with Crippen LogP contribution >= 0.6 is 11.6 Å². The molecule has 0 bridgehead atoms. The zero-order valence-corrected chi connectivity index (χ0v) is 13.7. The van der Waals surface area contributed by atoms with Gasteiger partial charge >= 0.3 is 0 Å². The van der Waals surface area contributed by atoms with Gasteiger partial charge in [0.05, 0.1) is 23.6 Å². The first-order valence-electron chi connectivity index (χ1n) is 7.46. The molecule has 0 aromatic heterocycles.